The summed E-state index contributed by atoms with van der Waals surface area (Å²) >= 11 is 0. The van der Waals surface area contributed by atoms with Gasteiger partial charge >= 0.3 is 18.0 Å². The van der Waals surface area contributed by atoms with Crippen LogP contribution in [-0.2, 0) is 15.0 Å². The molecule has 2 aliphatic heterocycles. The summed E-state index contributed by atoms with van der Waals surface area (Å²) in [4.78, 5) is 36.4. The molecule has 5 N–H and O–H groups in total. The highest BCUT2D eigenvalue weighted by atomic mass is 16.6. The summed E-state index contributed by atoms with van der Waals surface area (Å²) < 4.78 is 5.52. The van der Waals surface area contributed by atoms with E-state index in [1.165, 1.54) is 11.3 Å². The van der Waals surface area contributed by atoms with E-state index in [0.717, 1.165) is 18.7 Å². The predicted octanol–water partition coefficient (Wildman–Crippen LogP) is 1.54. The van der Waals surface area contributed by atoms with Gasteiger partial charge in [0.1, 0.15) is 5.75 Å². The van der Waals surface area contributed by atoms with Crippen LogP contribution < -0.4 is 15.0 Å². The highest BCUT2D eigenvalue weighted by Gasteiger charge is 2.52. The number of hydrogen-bond acceptors (Lipinski definition) is 8. The number of aliphatic carboxylic acids is 2. The van der Waals surface area contributed by atoms with Gasteiger partial charge < -0.3 is 30.1 Å². The normalized spacial score (nSPS) is 22.2. The Morgan fingerprint density at radius 1 is 1.03 bits per heavy atom. The van der Waals surface area contributed by atoms with Crippen LogP contribution >= 0.6 is 0 Å². The van der Waals surface area contributed by atoms with Gasteiger partial charge in [-0.15, -0.1) is 0 Å². The van der Waals surface area contributed by atoms with E-state index in [1.54, 1.807) is 0 Å². The van der Waals surface area contributed by atoms with E-state index in [9.17, 15) is 14.4 Å². The first-order valence-electron chi connectivity index (χ1n) is 10.9. The molecule has 2 aliphatic rings. The molecule has 11 nitrogen and oxygen atoms in total. The van der Waals surface area contributed by atoms with Crippen molar-refractivity contribution in [3.05, 3.63) is 54.1 Å². The van der Waals surface area contributed by atoms with E-state index in [0.29, 0.717) is 11.9 Å². The van der Waals surface area contributed by atoms with Crippen LogP contribution in [0.3, 0.4) is 0 Å². The zero-order valence-corrected chi connectivity index (χ0v) is 19.6. The number of aliphatic hydroxyl groups excluding tert-OH is 2. The quantitative estimate of drug-likeness (QED) is 0.419. The average molecular weight is 488 g/mol. The number of amides is 1. The first-order chi connectivity index (χ1) is 16.5. The van der Waals surface area contributed by atoms with Crippen molar-refractivity contribution < 1.29 is 39.5 Å². The van der Waals surface area contributed by atoms with Gasteiger partial charge in [0, 0.05) is 30.4 Å². The minimum absolute atomic E-state index is 0.0636. The maximum absolute atomic E-state index is 12.2. The fourth-order valence-corrected chi connectivity index (χ4v) is 4.66. The van der Waals surface area contributed by atoms with Gasteiger partial charge in [-0.05, 0) is 49.4 Å². The van der Waals surface area contributed by atoms with Crippen LogP contribution in [0.1, 0.15) is 18.9 Å². The van der Waals surface area contributed by atoms with Gasteiger partial charge in [-0.2, -0.15) is 0 Å². The monoisotopic (exact) mass is 487 g/mol. The third-order valence-electron chi connectivity index (χ3n) is 6.34. The van der Waals surface area contributed by atoms with Crippen molar-refractivity contribution in [2.45, 2.75) is 37.1 Å². The van der Waals surface area contributed by atoms with Gasteiger partial charge in [0.2, 0.25) is 0 Å². The first-order valence-corrected chi connectivity index (χ1v) is 10.9. The number of hydrogen-bond donors (Lipinski definition) is 5. The Balaban J connectivity index is 0.000000292. The van der Waals surface area contributed by atoms with Crippen LogP contribution in [0.5, 0.6) is 5.75 Å². The van der Waals surface area contributed by atoms with Gasteiger partial charge in [0.15, 0.2) is 12.2 Å². The fourth-order valence-electron chi connectivity index (χ4n) is 4.66. The number of anilines is 2. The molecule has 2 aromatic carbocycles. The molecule has 2 aromatic rings. The summed E-state index contributed by atoms with van der Waals surface area (Å²) in [6.45, 7) is 3.38. The lowest BCUT2D eigenvalue weighted by Crippen LogP contribution is -2.45. The molecule has 1 saturated heterocycles. The lowest BCUT2D eigenvalue weighted by atomic mass is 9.81. The van der Waals surface area contributed by atoms with Gasteiger partial charge in [-0.3, -0.25) is 10.2 Å². The smallest absolute Gasteiger partial charge is 0.417 e. The number of likely N-dealkylation sites (N-methyl/N-ethyl adjacent to an activating group) is 2. The number of benzene rings is 2. The number of carbonyl (C=O) groups excluding carboxylic acids is 1. The van der Waals surface area contributed by atoms with Gasteiger partial charge in [-0.25, -0.2) is 14.4 Å². The summed E-state index contributed by atoms with van der Waals surface area (Å²) in [5.74, 6) is -2.96. The van der Waals surface area contributed by atoms with Crippen LogP contribution in [0.4, 0.5) is 16.2 Å². The molecule has 4 atom stereocenters. The van der Waals surface area contributed by atoms with E-state index in [4.69, 9.17) is 25.2 Å². The maximum Gasteiger partial charge on any atom is 0.417 e. The largest absolute Gasteiger partial charge is 0.479 e. The molecular weight excluding hydrogens is 458 g/mol. The van der Waals surface area contributed by atoms with E-state index < -0.39 is 30.2 Å². The molecule has 0 bridgehead atoms. The third kappa shape index (κ3) is 5.37. The number of fused-ring (bicyclic) bond motifs is 3. The molecule has 1 amide bonds. The molecule has 4 rings (SSSR count). The predicted molar refractivity (Wildman–Crippen MR) is 127 cm³/mol. The molecule has 35 heavy (non-hydrogen) atoms. The number of carboxylic acid groups (broad SMARTS) is 2. The lowest BCUT2D eigenvalue weighted by molar-refractivity contribution is -0.165. The number of ether oxygens (including phenoxy) is 1. The highest BCUT2D eigenvalue weighted by molar-refractivity contribution is 5.86. The van der Waals surface area contributed by atoms with Crippen LogP contribution in [-0.4, -0.2) is 82.4 Å². The number of para-hydroxylation sites is 1. The van der Waals surface area contributed by atoms with Crippen LogP contribution in [0.2, 0.25) is 0 Å². The molecule has 11 heteroatoms. The van der Waals surface area contributed by atoms with Crippen molar-refractivity contribution in [3.63, 3.8) is 0 Å². The second kappa shape index (κ2) is 10.3. The Morgan fingerprint density at radius 3 is 2.20 bits per heavy atom. The maximum atomic E-state index is 12.2. The molecule has 0 radical (unpaired) electrons. The van der Waals surface area contributed by atoms with Gasteiger partial charge in [0.05, 0.1) is 6.17 Å². The molecular formula is C24H29N3O8. The van der Waals surface area contributed by atoms with E-state index >= 15 is 0 Å². The summed E-state index contributed by atoms with van der Waals surface area (Å²) in [6.07, 6.45) is -3.54. The number of carbonyl (C=O) groups is 3. The Hall–Kier alpha value is -3.67. The Labute approximate surface area is 202 Å². The molecule has 188 valence electrons. The Kier molecular flexibility index (Phi) is 7.64. The van der Waals surface area contributed by atoms with E-state index in [-0.39, 0.29) is 5.41 Å². The molecule has 0 aromatic heterocycles. The number of carboxylic acids is 2. The fraction of sp³-hybridized carbons (Fsp3) is 0.375. The second-order valence-corrected chi connectivity index (χ2v) is 8.76. The minimum Gasteiger partial charge on any atom is -0.479 e. The SMILES string of the molecule is CN1CC[C@@]2(C)c3cc(OC(=O)Nc4ccccc4)ccc3N(C)[C@@H]12.O=C(O)C(O)C(O)C(=O)O. The van der Waals surface area contributed by atoms with Gasteiger partial charge in [0.25, 0.3) is 0 Å². The third-order valence-corrected chi connectivity index (χ3v) is 6.34. The highest BCUT2D eigenvalue weighted by Crippen LogP contribution is 2.51. The number of nitrogens with zero attached hydrogens (tertiary/aromatic N) is 2. The number of rotatable bonds is 5. The standard InChI is InChI=1S/C20H23N3O2.C4H6O6/c1-20-11-12-22(2)18(20)23(3)17-10-9-15(13-16(17)20)25-19(24)21-14-7-5-4-6-8-14;5-1(3(7)8)2(6)4(9)10/h4-10,13,18H,11-12H2,1-3H3,(H,21,24);1-2,5-6H,(H,7,8)(H,9,10)/t18-,20+;/m1./s1. The van der Waals surface area contributed by atoms with Crippen molar-refractivity contribution >= 4 is 29.4 Å². The second-order valence-electron chi connectivity index (χ2n) is 8.76. The van der Waals surface area contributed by atoms with Crippen molar-refractivity contribution in [3.8, 4) is 5.75 Å². The first kappa shape index (κ1) is 25.9. The van der Waals surface area contributed by atoms with E-state index in [2.05, 4.69) is 42.2 Å². The number of nitrogens with one attached hydrogen (secondary N) is 1. The number of likely N-dealkylation sites (tertiary alicyclic amines) is 1. The topological polar surface area (TPSA) is 160 Å². The molecule has 1 fully saturated rings. The Morgan fingerprint density at radius 2 is 1.63 bits per heavy atom. The average Bonchev–Trinajstić information content (AvgIpc) is 3.24. The molecule has 0 aliphatic carbocycles. The molecule has 0 saturated carbocycles. The van der Waals surface area contributed by atoms with Gasteiger partial charge in [-0.1, -0.05) is 25.1 Å². The molecule has 2 unspecified atom stereocenters. The summed E-state index contributed by atoms with van der Waals surface area (Å²) in [7, 11) is 4.31. The lowest BCUT2D eigenvalue weighted by Gasteiger charge is -2.32. The zero-order valence-electron chi connectivity index (χ0n) is 19.6. The van der Waals surface area contributed by atoms with Crippen molar-refractivity contribution in [1.82, 2.24) is 4.90 Å². The van der Waals surface area contributed by atoms with Crippen LogP contribution in [0.25, 0.3) is 0 Å². The molecule has 0 spiro atoms. The summed E-state index contributed by atoms with van der Waals surface area (Å²) in [6, 6.07) is 15.3. The van der Waals surface area contributed by atoms with Crippen molar-refractivity contribution in [2.24, 2.45) is 0 Å². The molecule has 2 heterocycles. The van der Waals surface area contributed by atoms with Crippen LogP contribution in [0.15, 0.2) is 48.5 Å². The van der Waals surface area contributed by atoms with Crippen molar-refractivity contribution in [1.29, 1.82) is 0 Å². The van der Waals surface area contributed by atoms with Crippen LogP contribution in [0, 0.1) is 0 Å². The Bertz CT molecular complexity index is 1080. The summed E-state index contributed by atoms with van der Waals surface area (Å²) in [5, 5.41) is 35.3. The van der Waals surface area contributed by atoms with E-state index in [1.807, 2.05) is 42.5 Å². The number of aliphatic hydroxyl groups is 2. The summed E-state index contributed by atoms with van der Waals surface area (Å²) in [5.41, 5.74) is 3.26. The minimum atomic E-state index is -2.27. The van der Waals surface area contributed by atoms with Crippen molar-refractivity contribution in [2.75, 3.05) is 30.9 Å². The zero-order chi connectivity index (χ0) is 25.9.